The van der Waals surface area contributed by atoms with Crippen LogP contribution in [0.4, 0.5) is 0 Å². The van der Waals surface area contributed by atoms with Crippen LogP contribution in [-0.2, 0) is 18.9 Å². The number of rotatable bonds is 4. The van der Waals surface area contributed by atoms with E-state index in [1.165, 1.54) is 18.7 Å². The Morgan fingerprint density at radius 3 is 2.78 bits per heavy atom. The van der Waals surface area contributed by atoms with E-state index in [4.69, 9.17) is 4.98 Å². The molecule has 18 heavy (non-hydrogen) atoms. The van der Waals surface area contributed by atoms with Crippen LogP contribution < -0.4 is 5.32 Å². The number of nitrogens with zero attached hydrogens (tertiary/aromatic N) is 3. The van der Waals surface area contributed by atoms with Crippen LogP contribution in [0.15, 0.2) is 0 Å². The second-order valence-corrected chi connectivity index (χ2v) is 5.99. The highest BCUT2D eigenvalue weighted by atomic mass is 15.3. The van der Waals surface area contributed by atoms with E-state index in [1.807, 2.05) is 11.7 Å². The normalized spacial score (nSPS) is 24.7. The van der Waals surface area contributed by atoms with Crippen LogP contribution in [0.5, 0.6) is 0 Å². The molecule has 102 valence electrons. The molecule has 0 aromatic carbocycles. The van der Waals surface area contributed by atoms with Gasteiger partial charge >= 0.3 is 0 Å². The van der Waals surface area contributed by atoms with Gasteiger partial charge in [-0.25, -0.2) is 4.98 Å². The second kappa shape index (κ2) is 5.39. The zero-order valence-electron chi connectivity index (χ0n) is 12.2. The van der Waals surface area contributed by atoms with Gasteiger partial charge in [0.25, 0.3) is 0 Å². The highest BCUT2D eigenvalue weighted by Gasteiger charge is 2.36. The van der Waals surface area contributed by atoms with Crippen molar-refractivity contribution in [2.45, 2.75) is 51.9 Å². The Labute approximate surface area is 110 Å². The van der Waals surface area contributed by atoms with Crippen molar-refractivity contribution in [3.05, 3.63) is 11.6 Å². The lowest BCUT2D eigenvalue weighted by atomic mass is 9.77. The lowest BCUT2D eigenvalue weighted by Crippen LogP contribution is -2.44. The first-order valence-corrected chi connectivity index (χ1v) is 7.18. The van der Waals surface area contributed by atoms with E-state index in [2.05, 4.69) is 31.2 Å². The average molecular weight is 250 g/mol. The SMILES string of the molecule is CCC1(c2nc(CC(C)C)nn2C)CCCNC1. The zero-order valence-corrected chi connectivity index (χ0v) is 12.2. The van der Waals surface area contributed by atoms with E-state index < -0.39 is 0 Å². The molecule has 0 radical (unpaired) electrons. The number of aromatic nitrogens is 3. The third-order valence-corrected chi connectivity index (χ3v) is 4.02. The van der Waals surface area contributed by atoms with Crippen LogP contribution in [0, 0.1) is 5.92 Å². The summed E-state index contributed by atoms with van der Waals surface area (Å²) in [6, 6.07) is 0. The van der Waals surface area contributed by atoms with Crippen molar-refractivity contribution in [1.29, 1.82) is 0 Å². The largest absolute Gasteiger partial charge is 0.316 e. The summed E-state index contributed by atoms with van der Waals surface area (Å²) < 4.78 is 2.01. The predicted octanol–water partition coefficient (Wildman–Crippen LogP) is 2.04. The minimum atomic E-state index is 0.190. The standard InChI is InChI=1S/C14H26N4/c1-5-14(7-6-8-15-10-14)13-16-12(9-11(2)3)17-18(13)4/h11,15H,5-10H2,1-4H3. The van der Waals surface area contributed by atoms with Crippen LogP contribution in [-0.4, -0.2) is 27.9 Å². The fourth-order valence-corrected chi connectivity index (χ4v) is 2.97. The van der Waals surface area contributed by atoms with E-state index in [-0.39, 0.29) is 5.41 Å². The molecule has 1 fully saturated rings. The predicted molar refractivity (Wildman–Crippen MR) is 73.6 cm³/mol. The molecule has 1 atom stereocenters. The Morgan fingerprint density at radius 2 is 2.22 bits per heavy atom. The molecule has 2 rings (SSSR count). The summed E-state index contributed by atoms with van der Waals surface area (Å²) in [6.45, 7) is 8.88. The Kier molecular flexibility index (Phi) is 4.05. The molecule has 0 amide bonds. The Bertz CT molecular complexity index is 388. The van der Waals surface area contributed by atoms with E-state index in [1.54, 1.807) is 0 Å². The molecule has 0 saturated carbocycles. The first kappa shape index (κ1) is 13.5. The van der Waals surface area contributed by atoms with E-state index in [9.17, 15) is 0 Å². The number of nitrogens with one attached hydrogen (secondary N) is 1. The van der Waals surface area contributed by atoms with Crippen molar-refractivity contribution in [2.75, 3.05) is 13.1 Å². The highest BCUT2D eigenvalue weighted by molar-refractivity contribution is 5.12. The maximum Gasteiger partial charge on any atom is 0.151 e. The third-order valence-electron chi connectivity index (χ3n) is 4.02. The summed E-state index contributed by atoms with van der Waals surface area (Å²) >= 11 is 0. The monoisotopic (exact) mass is 250 g/mol. The van der Waals surface area contributed by atoms with Gasteiger partial charge < -0.3 is 5.32 Å². The van der Waals surface area contributed by atoms with Crippen LogP contribution in [0.2, 0.25) is 0 Å². The average Bonchev–Trinajstić information content (AvgIpc) is 2.70. The molecular formula is C14H26N4. The third kappa shape index (κ3) is 2.58. The molecule has 1 aromatic rings. The van der Waals surface area contributed by atoms with Gasteiger partial charge in [-0.3, -0.25) is 4.68 Å². The molecule has 0 spiro atoms. The van der Waals surface area contributed by atoms with Crippen LogP contribution in [0.1, 0.15) is 51.7 Å². The smallest absolute Gasteiger partial charge is 0.151 e. The van der Waals surface area contributed by atoms with Gasteiger partial charge in [0.05, 0.1) is 0 Å². The topological polar surface area (TPSA) is 42.7 Å². The van der Waals surface area contributed by atoms with Gasteiger partial charge in [-0.05, 0) is 31.7 Å². The first-order valence-electron chi connectivity index (χ1n) is 7.18. The van der Waals surface area contributed by atoms with Crippen molar-refractivity contribution in [2.24, 2.45) is 13.0 Å². The Balaban J connectivity index is 2.27. The molecule has 1 aliphatic heterocycles. The van der Waals surface area contributed by atoms with Crippen molar-refractivity contribution < 1.29 is 0 Å². The Morgan fingerprint density at radius 1 is 1.44 bits per heavy atom. The summed E-state index contributed by atoms with van der Waals surface area (Å²) in [5.41, 5.74) is 0.190. The summed E-state index contributed by atoms with van der Waals surface area (Å²) in [5.74, 6) is 2.79. The quantitative estimate of drug-likeness (QED) is 0.889. The second-order valence-electron chi connectivity index (χ2n) is 5.99. The molecule has 0 bridgehead atoms. The number of aryl methyl sites for hydroxylation is 1. The molecule has 1 aromatic heterocycles. The van der Waals surface area contributed by atoms with Crippen molar-refractivity contribution in [1.82, 2.24) is 20.1 Å². The molecule has 2 heterocycles. The molecule has 1 aliphatic rings. The fraction of sp³-hybridized carbons (Fsp3) is 0.857. The molecule has 0 aliphatic carbocycles. The molecule has 1 saturated heterocycles. The lowest BCUT2D eigenvalue weighted by molar-refractivity contribution is 0.279. The van der Waals surface area contributed by atoms with Gasteiger partial charge in [-0.15, -0.1) is 0 Å². The van der Waals surface area contributed by atoms with Gasteiger partial charge in [0.15, 0.2) is 5.82 Å². The zero-order chi connectivity index (χ0) is 13.2. The van der Waals surface area contributed by atoms with Gasteiger partial charge in [0.2, 0.25) is 0 Å². The molecule has 1 unspecified atom stereocenters. The van der Waals surface area contributed by atoms with E-state index in [0.29, 0.717) is 5.92 Å². The maximum absolute atomic E-state index is 4.83. The van der Waals surface area contributed by atoms with Gasteiger partial charge in [0, 0.05) is 25.4 Å². The van der Waals surface area contributed by atoms with E-state index in [0.717, 1.165) is 31.8 Å². The van der Waals surface area contributed by atoms with Crippen LogP contribution in [0.3, 0.4) is 0 Å². The van der Waals surface area contributed by atoms with Gasteiger partial charge in [-0.1, -0.05) is 20.8 Å². The first-order chi connectivity index (χ1) is 8.57. The highest BCUT2D eigenvalue weighted by Crippen LogP contribution is 2.33. The summed E-state index contributed by atoms with van der Waals surface area (Å²) in [5, 5.41) is 8.12. The number of piperidine rings is 1. The minimum absolute atomic E-state index is 0.190. The fourth-order valence-electron chi connectivity index (χ4n) is 2.97. The van der Waals surface area contributed by atoms with Crippen LogP contribution in [0.25, 0.3) is 0 Å². The summed E-state index contributed by atoms with van der Waals surface area (Å²) in [4.78, 5) is 4.83. The molecule has 1 N–H and O–H groups in total. The number of hydrogen-bond acceptors (Lipinski definition) is 3. The van der Waals surface area contributed by atoms with Gasteiger partial charge in [-0.2, -0.15) is 5.10 Å². The lowest BCUT2D eigenvalue weighted by Gasteiger charge is -2.35. The summed E-state index contributed by atoms with van der Waals surface area (Å²) in [7, 11) is 2.04. The van der Waals surface area contributed by atoms with Crippen molar-refractivity contribution >= 4 is 0 Å². The van der Waals surface area contributed by atoms with Crippen LogP contribution >= 0.6 is 0 Å². The van der Waals surface area contributed by atoms with Crippen molar-refractivity contribution in [3.63, 3.8) is 0 Å². The molecular weight excluding hydrogens is 224 g/mol. The summed E-state index contributed by atoms with van der Waals surface area (Å²) in [6.07, 6.45) is 4.57. The van der Waals surface area contributed by atoms with E-state index >= 15 is 0 Å². The minimum Gasteiger partial charge on any atom is -0.316 e. The molecule has 4 nitrogen and oxygen atoms in total. The maximum atomic E-state index is 4.83. The number of hydrogen-bond donors (Lipinski definition) is 1. The molecule has 4 heteroatoms. The Hall–Kier alpha value is -0.900. The van der Waals surface area contributed by atoms with Crippen molar-refractivity contribution in [3.8, 4) is 0 Å². The van der Waals surface area contributed by atoms with Gasteiger partial charge in [0.1, 0.15) is 5.82 Å².